The number of aromatic nitrogens is 2. The van der Waals surface area contributed by atoms with Gasteiger partial charge in [0.15, 0.2) is 0 Å². The fraction of sp³-hybridized carbons (Fsp3) is 0.0833. The van der Waals surface area contributed by atoms with E-state index < -0.39 is 41.0 Å². The lowest BCUT2D eigenvalue weighted by Crippen LogP contribution is -2.34. The van der Waals surface area contributed by atoms with Crippen molar-refractivity contribution >= 4 is 5.91 Å². The van der Waals surface area contributed by atoms with E-state index in [0.717, 1.165) is 6.07 Å². The molecule has 0 radical (unpaired) electrons. The van der Waals surface area contributed by atoms with Crippen LogP contribution in [0.25, 0.3) is 11.1 Å². The van der Waals surface area contributed by atoms with E-state index in [4.69, 9.17) is 5.73 Å². The summed E-state index contributed by atoms with van der Waals surface area (Å²) in [7, 11) is 0. The van der Waals surface area contributed by atoms with E-state index in [0.29, 0.717) is 4.57 Å². The van der Waals surface area contributed by atoms with E-state index in [2.05, 4.69) is 0 Å². The van der Waals surface area contributed by atoms with Gasteiger partial charge in [0.1, 0.15) is 17.9 Å². The molecule has 0 atom stereocenters. The number of carbonyl (C=O) groups excluding carboxylic acids is 1. The third kappa shape index (κ3) is 2.30. The van der Waals surface area contributed by atoms with Crippen molar-refractivity contribution in [3.63, 3.8) is 0 Å². The van der Waals surface area contributed by atoms with Crippen LogP contribution in [0.1, 0.15) is 0 Å². The van der Waals surface area contributed by atoms with Crippen LogP contribution in [0.15, 0.2) is 33.9 Å². The molecule has 1 aromatic carbocycles. The number of nitrogens with zero attached hydrogens (tertiary/aromatic N) is 1. The number of hydrogen-bond donors (Lipinski definition) is 3. The van der Waals surface area contributed by atoms with Gasteiger partial charge in [0.25, 0.3) is 5.56 Å². The highest BCUT2D eigenvalue weighted by molar-refractivity contribution is 5.74. The summed E-state index contributed by atoms with van der Waals surface area (Å²) in [6.45, 7) is -0.636. The summed E-state index contributed by atoms with van der Waals surface area (Å²) in [6, 6.07) is 5.22. The molecule has 2 aromatic rings. The van der Waals surface area contributed by atoms with Crippen LogP contribution < -0.4 is 17.0 Å². The van der Waals surface area contributed by atoms with Crippen LogP contribution in [0.5, 0.6) is 5.88 Å². The number of halogens is 1. The van der Waals surface area contributed by atoms with Crippen LogP contribution in [0.2, 0.25) is 0 Å². The maximum absolute atomic E-state index is 13.7. The topological polar surface area (TPSA) is 118 Å². The smallest absolute Gasteiger partial charge is 0.331 e. The van der Waals surface area contributed by atoms with Crippen molar-refractivity contribution in [2.75, 3.05) is 0 Å². The molecule has 8 heteroatoms. The molecule has 0 unspecified atom stereocenters. The van der Waals surface area contributed by atoms with Crippen molar-refractivity contribution in [2.45, 2.75) is 6.54 Å². The number of benzene rings is 1. The second-order valence-corrected chi connectivity index (χ2v) is 3.99. The van der Waals surface area contributed by atoms with E-state index in [1.54, 1.807) is 0 Å². The number of nitrogens with one attached hydrogen (secondary N) is 1. The van der Waals surface area contributed by atoms with Crippen molar-refractivity contribution in [1.82, 2.24) is 9.55 Å². The molecule has 0 saturated carbocycles. The number of aromatic hydroxyl groups is 1. The number of carbonyl (C=O) groups is 1. The summed E-state index contributed by atoms with van der Waals surface area (Å²) >= 11 is 0. The Kier molecular flexibility index (Phi) is 3.38. The number of aromatic amines is 1. The zero-order valence-corrected chi connectivity index (χ0v) is 10.1. The van der Waals surface area contributed by atoms with E-state index in [1.807, 2.05) is 4.98 Å². The first-order valence-electron chi connectivity index (χ1n) is 5.51. The number of amides is 1. The van der Waals surface area contributed by atoms with Gasteiger partial charge in [-0.25, -0.2) is 9.18 Å². The molecule has 104 valence electrons. The number of nitrogens with two attached hydrogens (primary N) is 1. The van der Waals surface area contributed by atoms with E-state index >= 15 is 0 Å². The van der Waals surface area contributed by atoms with Gasteiger partial charge >= 0.3 is 5.69 Å². The molecule has 1 aromatic heterocycles. The van der Waals surface area contributed by atoms with Gasteiger partial charge in [-0.15, -0.1) is 0 Å². The van der Waals surface area contributed by atoms with Gasteiger partial charge in [0.05, 0.1) is 0 Å². The second-order valence-electron chi connectivity index (χ2n) is 3.99. The van der Waals surface area contributed by atoms with Gasteiger partial charge in [-0.1, -0.05) is 18.2 Å². The Morgan fingerprint density at radius 1 is 1.35 bits per heavy atom. The molecule has 0 fully saturated rings. The van der Waals surface area contributed by atoms with Crippen molar-refractivity contribution < 1.29 is 14.3 Å². The Morgan fingerprint density at radius 3 is 2.60 bits per heavy atom. The van der Waals surface area contributed by atoms with Crippen molar-refractivity contribution in [3.05, 3.63) is 50.9 Å². The standard InChI is InChI=1S/C12H10FN3O4/c13-7-4-2-1-3-6(7)9-10(18)15-12(20)16(11(9)19)5-8(14)17/h1-4,19H,5H2,(H2,14,17)(H,15,18,20). The summed E-state index contributed by atoms with van der Waals surface area (Å²) in [5.74, 6) is -2.46. The molecule has 20 heavy (non-hydrogen) atoms. The minimum absolute atomic E-state index is 0.190. The lowest BCUT2D eigenvalue weighted by molar-refractivity contribution is -0.118. The lowest BCUT2D eigenvalue weighted by atomic mass is 10.1. The highest BCUT2D eigenvalue weighted by atomic mass is 19.1. The van der Waals surface area contributed by atoms with Crippen LogP contribution in [0, 0.1) is 5.82 Å². The molecular weight excluding hydrogens is 269 g/mol. The normalized spacial score (nSPS) is 10.4. The average molecular weight is 279 g/mol. The molecular formula is C12H10FN3O4. The molecule has 0 aliphatic carbocycles. The highest BCUT2D eigenvalue weighted by Crippen LogP contribution is 2.26. The van der Waals surface area contributed by atoms with Crippen molar-refractivity contribution in [3.8, 4) is 17.0 Å². The Bertz CT molecular complexity index is 794. The molecule has 0 aliphatic heterocycles. The number of hydrogen-bond acceptors (Lipinski definition) is 4. The average Bonchev–Trinajstić information content (AvgIpc) is 2.36. The largest absolute Gasteiger partial charge is 0.494 e. The molecule has 0 bridgehead atoms. The van der Waals surface area contributed by atoms with Crippen LogP contribution in [-0.4, -0.2) is 20.6 Å². The third-order valence-corrected chi connectivity index (χ3v) is 2.63. The quantitative estimate of drug-likeness (QED) is 0.704. The summed E-state index contributed by atoms with van der Waals surface area (Å²) in [5.41, 5.74) is 2.34. The van der Waals surface area contributed by atoms with Crippen LogP contribution in [0.4, 0.5) is 4.39 Å². The van der Waals surface area contributed by atoms with E-state index in [9.17, 15) is 23.9 Å². The zero-order valence-electron chi connectivity index (χ0n) is 10.1. The number of H-pyrrole nitrogens is 1. The summed E-state index contributed by atoms with van der Waals surface area (Å²) in [6.07, 6.45) is 0. The minimum atomic E-state index is -1.01. The second kappa shape index (κ2) is 5.00. The van der Waals surface area contributed by atoms with E-state index in [-0.39, 0.29) is 5.56 Å². The predicted molar refractivity (Wildman–Crippen MR) is 67.6 cm³/mol. The van der Waals surface area contributed by atoms with Gasteiger partial charge in [0.2, 0.25) is 11.8 Å². The van der Waals surface area contributed by atoms with Gasteiger partial charge in [-0.2, -0.15) is 0 Å². The molecule has 7 nitrogen and oxygen atoms in total. The zero-order chi connectivity index (χ0) is 14.9. The first-order valence-corrected chi connectivity index (χ1v) is 5.51. The van der Waals surface area contributed by atoms with Crippen LogP contribution in [-0.2, 0) is 11.3 Å². The molecule has 1 heterocycles. The van der Waals surface area contributed by atoms with E-state index in [1.165, 1.54) is 18.2 Å². The summed E-state index contributed by atoms with van der Waals surface area (Å²) in [4.78, 5) is 36.0. The highest BCUT2D eigenvalue weighted by Gasteiger charge is 2.19. The number of primary amides is 1. The fourth-order valence-corrected chi connectivity index (χ4v) is 1.77. The Balaban J connectivity index is 2.78. The monoisotopic (exact) mass is 279 g/mol. The fourth-order valence-electron chi connectivity index (χ4n) is 1.77. The molecule has 1 amide bonds. The first kappa shape index (κ1) is 13.5. The summed E-state index contributed by atoms with van der Waals surface area (Å²) in [5, 5.41) is 9.95. The van der Waals surface area contributed by atoms with Crippen molar-refractivity contribution in [2.24, 2.45) is 5.73 Å². The lowest BCUT2D eigenvalue weighted by Gasteiger charge is -2.10. The predicted octanol–water partition coefficient (Wildman–Crippen LogP) is -0.466. The Labute approximate surface area is 111 Å². The first-order chi connectivity index (χ1) is 9.41. The van der Waals surface area contributed by atoms with Gasteiger partial charge in [0, 0.05) is 5.56 Å². The molecule has 0 spiro atoms. The molecule has 0 aliphatic rings. The maximum atomic E-state index is 13.7. The van der Waals surface area contributed by atoms with Gasteiger partial charge < -0.3 is 10.8 Å². The molecule has 0 saturated heterocycles. The van der Waals surface area contributed by atoms with Gasteiger partial charge in [-0.3, -0.25) is 19.1 Å². The third-order valence-electron chi connectivity index (χ3n) is 2.63. The Hall–Kier alpha value is -2.90. The van der Waals surface area contributed by atoms with Crippen LogP contribution in [0.3, 0.4) is 0 Å². The maximum Gasteiger partial charge on any atom is 0.331 e. The number of rotatable bonds is 3. The molecule has 2 rings (SSSR count). The van der Waals surface area contributed by atoms with Crippen LogP contribution >= 0.6 is 0 Å². The van der Waals surface area contributed by atoms with Gasteiger partial charge in [-0.05, 0) is 6.07 Å². The van der Waals surface area contributed by atoms with Crippen molar-refractivity contribution in [1.29, 1.82) is 0 Å². The summed E-state index contributed by atoms with van der Waals surface area (Å²) < 4.78 is 14.2. The minimum Gasteiger partial charge on any atom is -0.494 e. The SMILES string of the molecule is NC(=O)Cn1c(O)c(-c2ccccc2F)c(=O)[nH]c1=O. The Morgan fingerprint density at radius 2 is 2.00 bits per heavy atom. The molecule has 4 N–H and O–H groups in total.